The predicted molar refractivity (Wildman–Crippen MR) is 61.6 cm³/mol. The molecule has 6 heteroatoms. The first-order valence-corrected chi connectivity index (χ1v) is 6.16. The Kier molecular flexibility index (Phi) is 3.96. The van der Waals surface area contributed by atoms with Gasteiger partial charge in [0.15, 0.2) is 0 Å². The fourth-order valence-electron chi connectivity index (χ4n) is 2.17. The molecule has 2 aliphatic heterocycles. The van der Waals surface area contributed by atoms with Gasteiger partial charge in [-0.3, -0.25) is 9.69 Å². The number of carbonyl (C=O) groups excluding carboxylic acids is 2. The van der Waals surface area contributed by atoms with Crippen LogP contribution < -0.4 is 10.6 Å². The minimum Gasteiger partial charge on any atom is -0.374 e. The molecule has 0 aliphatic carbocycles. The van der Waals surface area contributed by atoms with Crippen LogP contribution in [0.2, 0.25) is 0 Å². The van der Waals surface area contributed by atoms with Gasteiger partial charge in [0.05, 0.1) is 19.3 Å². The molecule has 0 saturated carbocycles. The van der Waals surface area contributed by atoms with E-state index in [1.54, 1.807) is 0 Å². The van der Waals surface area contributed by atoms with Gasteiger partial charge in [-0.05, 0) is 6.42 Å². The molecule has 3 amide bonds. The second-order valence-electron chi connectivity index (χ2n) is 4.44. The third-order valence-electron chi connectivity index (χ3n) is 3.07. The van der Waals surface area contributed by atoms with Crippen molar-refractivity contribution in [2.75, 3.05) is 26.2 Å². The number of hydrogen-bond donors (Lipinski definition) is 2. The van der Waals surface area contributed by atoms with Crippen molar-refractivity contribution in [2.24, 2.45) is 0 Å². The zero-order valence-electron chi connectivity index (χ0n) is 10.1. The number of morpholine rings is 1. The number of rotatable bonds is 4. The third kappa shape index (κ3) is 2.76. The summed E-state index contributed by atoms with van der Waals surface area (Å²) in [6, 6.07) is -0.633. The number of amides is 3. The van der Waals surface area contributed by atoms with Crippen molar-refractivity contribution in [3.05, 3.63) is 0 Å². The van der Waals surface area contributed by atoms with Gasteiger partial charge in [-0.2, -0.15) is 0 Å². The average Bonchev–Trinajstić information content (AvgIpc) is 2.59. The minimum absolute atomic E-state index is 0.0844. The Morgan fingerprint density at radius 1 is 1.47 bits per heavy atom. The lowest BCUT2D eigenvalue weighted by molar-refractivity contribution is -0.129. The molecule has 2 aliphatic rings. The van der Waals surface area contributed by atoms with Crippen molar-refractivity contribution in [1.29, 1.82) is 0 Å². The van der Waals surface area contributed by atoms with Gasteiger partial charge < -0.3 is 15.4 Å². The van der Waals surface area contributed by atoms with Crippen molar-refractivity contribution >= 4 is 11.9 Å². The lowest BCUT2D eigenvalue weighted by atomic mass is 10.1. The summed E-state index contributed by atoms with van der Waals surface area (Å²) in [7, 11) is 0. The molecule has 2 fully saturated rings. The van der Waals surface area contributed by atoms with Gasteiger partial charge >= 0.3 is 6.03 Å². The highest BCUT2D eigenvalue weighted by atomic mass is 16.5. The molecule has 2 rings (SSSR count). The number of nitrogens with zero attached hydrogens (tertiary/aromatic N) is 1. The second kappa shape index (κ2) is 5.46. The highest BCUT2D eigenvalue weighted by Gasteiger charge is 2.38. The molecule has 96 valence electrons. The number of nitrogens with one attached hydrogen (secondary N) is 2. The summed E-state index contributed by atoms with van der Waals surface area (Å²) in [6.45, 7) is 4.49. The van der Waals surface area contributed by atoms with Crippen LogP contribution >= 0.6 is 0 Å². The van der Waals surface area contributed by atoms with Crippen molar-refractivity contribution in [3.8, 4) is 0 Å². The first-order chi connectivity index (χ1) is 8.22. The molecule has 2 saturated heterocycles. The zero-order valence-corrected chi connectivity index (χ0v) is 10.1. The number of imide groups is 1. The van der Waals surface area contributed by atoms with E-state index in [2.05, 4.69) is 10.6 Å². The van der Waals surface area contributed by atoms with Crippen LogP contribution in [-0.2, 0) is 9.53 Å². The summed E-state index contributed by atoms with van der Waals surface area (Å²) in [5.74, 6) is -0.119. The molecular weight excluding hydrogens is 222 g/mol. The molecule has 2 heterocycles. The monoisotopic (exact) mass is 241 g/mol. The van der Waals surface area contributed by atoms with Crippen LogP contribution in [0, 0.1) is 0 Å². The molecule has 2 N–H and O–H groups in total. The van der Waals surface area contributed by atoms with E-state index in [1.165, 1.54) is 4.90 Å². The van der Waals surface area contributed by atoms with E-state index in [0.29, 0.717) is 26.1 Å². The molecular formula is C11H19N3O3. The smallest absolute Gasteiger partial charge is 0.324 e. The standard InChI is InChI=1S/C11H19N3O3/c1-2-3-9-10(15)14(11(16)13-9)7-8-6-12-4-5-17-8/h8-9,12H,2-7H2,1H3,(H,13,16). The van der Waals surface area contributed by atoms with Gasteiger partial charge in [0.25, 0.3) is 5.91 Å². The normalized spacial score (nSPS) is 29.6. The Labute approximate surface area is 101 Å². The molecule has 0 bridgehead atoms. The molecule has 0 radical (unpaired) electrons. The maximum absolute atomic E-state index is 11.9. The van der Waals surface area contributed by atoms with E-state index >= 15 is 0 Å². The zero-order chi connectivity index (χ0) is 12.3. The molecule has 2 unspecified atom stereocenters. The van der Waals surface area contributed by atoms with E-state index in [0.717, 1.165) is 13.0 Å². The number of urea groups is 1. The lowest BCUT2D eigenvalue weighted by Gasteiger charge is -2.26. The van der Waals surface area contributed by atoms with Crippen LogP contribution in [0.4, 0.5) is 4.79 Å². The molecule has 0 aromatic rings. The Hall–Kier alpha value is -1.14. The molecule has 2 atom stereocenters. The van der Waals surface area contributed by atoms with Crippen LogP contribution in [0.3, 0.4) is 0 Å². The average molecular weight is 241 g/mol. The summed E-state index contributed by atoms with van der Waals surface area (Å²) >= 11 is 0. The first-order valence-electron chi connectivity index (χ1n) is 6.16. The van der Waals surface area contributed by atoms with Crippen LogP contribution in [0.15, 0.2) is 0 Å². The van der Waals surface area contributed by atoms with Crippen molar-refractivity contribution in [3.63, 3.8) is 0 Å². The predicted octanol–water partition coefficient (Wildman–Crippen LogP) is -0.305. The Morgan fingerprint density at radius 2 is 2.29 bits per heavy atom. The van der Waals surface area contributed by atoms with E-state index < -0.39 is 0 Å². The fraction of sp³-hybridized carbons (Fsp3) is 0.818. The van der Waals surface area contributed by atoms with Gasteiger partial charge in [-0.1, -0.05) is 13.3 Å². The summed E-state index contributed by atoms with van der Waals surface area (Å²) in [4.78, 5) is 24.9. The van der Waals surface area contributed by atoms with E-state index in [4.69, 9.17) is 4.74 Å². The third-order valence-corrected chi connectivity index (χ3v) is 3.07. The van der Waals surface area contributed by atoms with E-state index in [1.807, 2.05) is 6.92 Å². The largest absolute Gasteiger partial charge is 0.374 e. The maximum Gasteiger partial charge on any atom is 0.324 e. The summed E-state index contributed by atoms with van der Waals surface area (Å²) in [6.07, 6.45) is 1.50. The number of carbonyl (C=O) groups is 2. The fourth-order valence-corrected chi connectivity index (χ4v) is 2.17. The SMILES string of the molecule is CCCC1NC(=O)N(CC2CNCCO2)C1=O. The van der Waals surface area contributed by atoms with Crippen molar-refractivity contribution in [1.82, 2.24) is 15.5 Å². The topological polar surface area (TPSA) is 70.7 Å². The summed E-state index contributed by atoms with van der Waals surface area (Å²) in [5.41, 5.74) is 0. The lowest BCUT2D eigenvalue weighted by Crippen LogP contribution is -2.47. The Balaban J connectivity index is 1.91. The van der Waals surface area contributed by atoms with Crippen LogP contribution in [-0.4, -0.2) is 55.2 Å². The van der Waals surface area contributed by atoms with Crippen LogP contribution in [0.5, 0.6) is 0 Å². The Morgan fingerprint density at radius 3 is 2.94 bits per heavy atom. The van der Waals surface area contributed by atoms with Gasteiger partial charge in [0, 0.05) is 13.1 Å². The van der Waals surface area contributed by atoms with Crippen LogP contribution in [0.25, 0.3) is 0 Å². The van der Waals surface area contributed by atoms with E-state index in [9.17, 15) is 9.59 Å². The summed E-state index contributed by atoms with van der Waals surface area (Å²) < 4.78 is 5.50. The quantitative estimate of drug-likeness (QED) is 0.663. The van der Waals surface area contributed by atoms with Crippen LogP contribution in [0.1, 0.15) is 19.8 Å². The highest BCUT2D eigenvalue weighted by Crippen LogP contribution is 2.12. The first kappa shape index (κ1) is 12.3. The molecule has 0 aromatic carbocycles. The molecule has 0 spiro atoms. The van der Waals surface area contributed by atoms with Crippen molar-refractivity contribution < 1.29 is 14.3 Å². The molecule has 6 nitrogen and oxygen atoms in total. The highest BCUT2D eigenvalue weighted by molar-refractivity contribution is 6.04. The van der Waals surface area contributed by atoms with Gasteiger partial charge in [0.2, 0.25) is 0 Å². The summed E-state index contributed by atoms with van der Waals surface area (Å²) in [5, 5.41) is 5.89. The van der Waals surface area contributed by atoms with Gasteiger partial charge in [-0.25, -0.2) is 4.79 Å². The van der Waals surface area contributed by atoms with Crippen molar-refractivity contribution in [2.45, 2.75) is 31.9 Å². The second-order valence-corrected chi connectivity index (χ2v) is 4.44. The van der Waals surface area contributed by atoms with E-state index in [-0.39, 0.29) is 24.1 Å². The minimum atomic E-state index is -0.343. The number of hydrogen-bond acceptors (Lipinski definition) is 4. The van der Waals surface area contributed by atoms with Gasteiger partial charge in [-0.15, -0.1) is 0 Å². The molecule has 17 heavy (non-hydrogen) atoms. The van der Waals surface area contributed by atoms with Gasteiger partial charge in [0.1, 0.15) is 6.04 Å². The Bertz CT molecular complexity index is 302. The number of ether oxygens (including phenoxy) is 1. The maximum atomic E-state index is 11.9. The molecule has 0 aromatic heterocycles.